The van der Waals surface area contributed by atoms with E-state index in [0.717, 1.165) is 5.56 Å². The maximum absolute atomic E-state index is 13.3. The van der Waals surface area contributed by atoms with Gasteiger partial charge in [-0.05, 0) is 34.2 Å². The molecule has 152 valence electrons. The number of halogens is 1. The molecule has 0 bridgehead atoms. The van der Waals surface area contributed by atoms with Gasteiger partial charge in [0, 0.05) is 13.6 Å². The molecule has 1 aliphatic heterocycles. The molecule has 0 amide bonds. The van der Waals surface area contributed by atoms with Crippen molar-refractivity contribution in [3.63, 3.8) is 0 Å². The third-order valence-corrected chi connectivity index (χ3v) is 6.81. The number of nitrogens with zero attached hydrogens (tertiary/aromatic N) is 1. The fourth-order valence-electron chi connectivity index (χ4n) is 3.40. The summed E-state index contributed by atoms with van der Waals surface area (Å²) in [5.41, 5.74) is 2.66. The summed E-state index contributed by atoms with van der Waals surface area (Å²) < 4.78 is 41.8. The van der Waals surface area contributed by atoms with Gasteiger partial charge in [-0.25, -0.2) is 17.5 Å². The SMILES string of the molecule is CN1OC[C@@H](S(=O)(=O)NCc2cccc(F)c2)[C@H]1c1ccc(C(C)(C)C)cc1. The van der Waals surface area contributed by atoms with E-state index in [4.69, 9.17) is 4.84 Å². The Hall–Kier alpha value is -1.80. The second-order valence-electron chi connectivity index (χ2n) is 8.19. The first kappa shape index (κ1) is 20.9. The second kappa shape index (κ2) is 7.91. The van der Waals surface area contributed by atoms with E-state index < -0.39 is 27.1 Å². The van der Waals surface area contributed by atoms with Gasteiger partial charge in [0.1, 0.15) is 11.1 Å². The molecule has 0 saturated carbocycles. The lowest BCUT2D eigenvalue weighted by Crippen LogP contribution is -2.39. The summed E-state index contributed by atoms with van der Waals surface area (Å²) in [5, 5.41) is 0.838. The lowest BCUT2D eigenvalue weighted by molar-refractivity contribution is -0.110. The molecule has 1 fully saturated rings. The molecule has 7 heteroatoms. The molecular weight excluding hydrogens is 379 g/mol. The number of hydrogen-bond donors (Lipinski definition) is 1. The van der Waals surface area contributed by atoms with E-state index >= 15 is 0 Å². The van der Waals surface area contributed by atoms with E-state index in [0.29, 0.717) is 5.56 Å². The molecule has 5 nitrogen and oxygen atoms in total. The van der Waals surface area contributed by atoms with Crippen LogP contribution in [0.2, 0.25) is 0 Å². The van der Waals surface area contributed by atoms with Crippen molar-refractivity contribution in [1.29, 1.82) is 0 Å². The molecule has 0 unspecified atom stereocenters. The molecule has 0 aromatic heterocycles. The van der Waals surface area contributed by atoms with Gasteiger partial charge < -0.3 is 0 Å². The average molecular weight is 407 g/mol. The standard InChI is InChI=1S/C21H27FN2O3S/c1-21(2,3)17-10-8-16(9-11-17)20-19(14-27-24(20)4)28(25,26)23-13-15-6-5-7-18(22)12-15/h5-12,19-20,23H,13-14H2,1-4H3/t19-,20-/m1/s1. The zero-order valence-corrected chi connectivity index (χ0v) is 17.5. The van der Waals surface area contributed by atoms with Gasteiger partial charge >= 0.3 is 0 Å². The minimum absolute atomic E-state index is 0.0224. The zero-order chi connectivity index (χ0) is 20.5. The predicted octanol–water partition coefficient (Wildman–Crippen LogP) is 3.53. The molecule has 1 heterocycles. The maximum Gasteiger partial charge on any atom is 0.219 e. The largest absolute Gasteiger partial charge is 0.297 e. The van der Waals surface area contributed by atoms with Crippen LogP contribution in [0, 0.1) is 5.82 Å². The first-order valence-electron chi connectivity index (χ1n) is 9.27. The van der Waals surface area contributed by atoms with Crippen molar-refractivity contribution in [2.45, 2.75) is 44.0 Å². The fraction of sp³-hybridized carbons (Fsp3) is 0.429. The lowest BCUT2D eigenvalue weighted by atomic mass is 9.86. The van der Waals surface area contributed by atoms with Crippen LogP contribution >= 0.6 is 0 Å². The van der Waals surface area contributed by atoms with Gasteiger partial charge in [0.2, 0.25) is 10.0 Å². The summed E-state index contributed by atoms with van der Waals surface area (Å²) in [5.74, 6) is -0.391. The number of rotatable bonds is 5. The van der Waals surface area contributed by atoms with Crippen LogP contribution in [-0.2, 0) is 26.8 Å². The normalized spacial score (nSPS) is 21.2. The third kappa shape index (κ3) is 4.60. The average Bonchev–Trinajstić information content (AvgIpc) is 3.02. The number of hydroxylamine groups is 2. The summed E-state index contributed by atoms with van der Waals surface area (Å²) in [6, 6.07) is 13.5. The predicted molar refractivity (Wildman–Crippen MR) is 108 cm³/mol. The van der Waals surface area contributed by atoms with Gasteiger partial charge in [-0.1, -0.05) is 57.2 Å². The van der Waals surface area contributed by atoms with Gasteiger partial charge in [0.15, 0.2) is 0 Å². The van der Waals surface area contributed by atoms with Crippen molar-refractivity contribution in [3.8, 4) is 0 Å². The highest BCUT2D eigenvalue weighted by Gasteiger charge is 2.43. The highest BCUT2D eigenvalue weighted by molar-refractivity contribution is 7.90. The summed E-state index contributed by atoms with van der Waals surface area (Å²) >= 11 is 0. The summed E-state index contributed by atoms with van der Waals surface area (Å²) in [6.45, 7) is 6.51. The number of hydrogen-bond acceptors (Lipinski definition) is 4. The molecule has 1 aliphatic rings. The van der Waals surface area contributed by atoms with Crippen molar-refractivity contribution in [1.82, 2.24) is 9.79 Å². The molecule has 1 N–H and O–H groups in total. The van der Waals surface area contributed by atoms with Crippen molar-refractivity contribution in [2.75, 3.05) is 13.7 Å². The molecule has 0 radical (unpaired) electrons. The molecular formula is C21H27FN2O3S. The van der Waals surface area contributed by atoms with E-state index in [1.165, 1.54) is 17.7 Å². The molecule has 0 aliphatic carbocycles. The Morgan fingerprint density at radius 3 is 2.46 bits per heavy atom. The summed E-state index contributed by atoms with van der Waals surface area (Å²) in [7, 11) is -1.94. The number of sulfonamides is 1. The van der Waals surface area contributed by atoms with Gasteiger partial charge in [-0.15, -0.1) is 0 Å². The lowest BCUT2D eigenvalue weighted by Gasteiger charge is -2.25. The summed E-state index contributed by atoms with van der Waals surface area (Å²) in [6.07, 6.45) is 0. The van der Waals surface area contributed by atoms with Crippen LogP contribution in [-0.4, -0.2) is 32.4 Å². The molecule has 2 aromatic rings. The third-order valence-electron chi connectivity index (χ3n) is 5.07. The van der Waals surface area contributed by atoms with Crippen molar-refractivity contribution in [3.05, 3.63) is 71.0 Å². The number of benzene rings is 2. The maximum atomic E-state index is 13.3. The Bertz CT molecular complexity index is 923. The van der Waals surface area contributed by atoms with Crippen LogP contribution in [0.4, 0.5) is 4.39 Å². The second-order valence-corrected chi connectivity index (χ2v) is 10.2. The molecule has 2 aromatic carbocycles. The van der Waals surface area contributed by atoms with Crippen LogP contribution in [0.1, 0.15) is 43.5 Å². The number of nitrogens with one attached hydrogen (secondary N) is 1. The van der Waals surface area contributed by atoms with Gasteiger partial charge in [-0.3, -0.25) is 4.84 Å². The van der Waals surface area contributed by atoms with E-state index in [1.54, 1.807) is 24.2 Å². The van der Waals surface area contributed by atoms with Gasteiger partial charge in [0.05, 0.1) is 12.6 Å². The first-order valence-corrected chi connectivity index (χ1v) is 10.8. The smallest absolute Gasteiger partial charge is 0.219 e. The Balaban J connectivity index is 1.79. The quantitative estimate of drug-likeness (QED) is 0.825. The van der Waals surface area contributed by atoms with E-state index in [1.807, 2.05) is 24.3 Å². The summed E-state index contributed by atoms with van der Waals surface area (Å²) in [4.78, 5) is 5.54. The van der Waals surface area contributed by atoms with Crippen LogP contribution in [0.5, 0.6) is 0 Å². The van der Waals surface area contributed by atoms with Crippen molar-refractivity contribution >= 4 is 10.0 Å². The van der Waals surface area contributed by atoms with Crippen molar-refractivity contribution < 1.29 is 17.6 Å². The van der Waals surface area contributed by atoms with E-state index in [9.17, 15) is 12.8 Å². The van der Waals surface area contributed by atoms with Gasteiger partial charge in [-0.2, -0.15) is 5.06 Å². The van der Waals surface area contributed by atoms with Crippen LogP contribution in [0.25, 0.3) is 0 Å². The Labute approximate surface area is 166 Å². The minimum atomic E-state index is -3.68. The monoisotopic (exact) mass is 406 g/mol. The van der Waals surface area contributed by atoms with Gasteiger partial charge in [0.25, 0.3) is 0 Å². The molecule has 2 atom stereocenters. The molecule has 0 spiro atoms. The Kier molecular flexibility index (Phi) is 5.91. The minimum Gasteiger partial charge on any atom is -0.297 e. The van der Waals surface area contributed by atoms with E-state index in [-0.39, 0.29) is 18.6 Å². The molecule has 1 saturated heterocycles. The highest BCUT2D eigenvalue weighted by Crippen LogP contribution is 2.34. The van der Waals surface area contributed by atoms with Crippen LogP contribution in [0.3, 0.4) is 0 Å². The molecule has 3 rings (SSSR count). The Morgan fingerprint density at radius 1 is 1.18 bits per heavy atom. The van der Waals surface area contributed by atoms with Crippen LogP contribution < -0.4 is 4.72 Å². The highest BCUT2D eigenvalue weighted by atomic mass is 32.2. The fourth-order valence-corrected chi connectivity index (χ4v) is 4.89. The van der Waals surface area contributed by atoms with Crippen LogP contribution in [0.15, 0.2) is 48.5 Å². The zero-order valence-electron chi connectivity index (χ0n) is 16.6. The molecule has 28 heavy (non-hydrogen) atoms. The topological polar surface area (TPSA) is 58.6 Å². The van der Waals surface area contributed by atoms with E-state index in [2.05, 4.69) is 25.5 Å². The first-order chi connectivity index (χ1) is 13.1. The Morgan fingerprint density at radius 2 is 1.86 bits per heavy atom. The van der Waals surface area contributed by atoms with Crippen molar-refractivity contribution in [2.24, 2.45) is 0 Å².